The van der Waals surface area contributed by atoms with E-state index >= 15 is 0 Å². The van der Waals surface area contributed by atoms with Gasteiger partial charge in [0.25, 0.3) is 0 Å². The predicted octanol–water partition coefficient (Wildman–Crippen LogP) is 3.81. The lowest BCUT2D eigenvalue weighted by Crippen LogP contribution is -1.91. The number of benzene rings is 1. The molecule has 8 heteroatoms. The van der Waals surface area contributed by atoms with Crippen LogP contribution in [-0.2, 0) is 0 Å². The molecule has 5 rings (SSSR count). The highest BCUT2D eigenvalue weighted by molar-refractivity contribution is 7.19. The Morgan fingerprint density at radius 1 is 1.12 bits per heavy atom. The van der Waals surface area contributed by atoms with Crippen LogP contribution in [0.15, 0.2) is 53.1 Å². The SMILES string of the molecule is Cc1occc1-c1nnc2sc(-c3cc(-c4ccccc4)n[nH]3)nn12. The monoisotopic (exact) mass is 348 g/mol. The normalized spacial score (nSPS) is 11.4. The number of aromatic nitrogens is 6. The summed E-state index contributed by atoms with van der Waals surface area (Å²) in [5.41, 5.74) is 3.68. The fourth-order valence-corrected chi connectivity index (χ4v) is 3.50. The van der Waals surface area contributed by atoms with Crippen LogP contribution in [0, 0.1) is 6.92 Å². The number of nitrogens with zero attached hydrogens (tertiary/aromatic N) is 5. The van der Waals surface area contributed by atoms with E-state index in [1.54, 1.807) is 10.8 Å². The molecule has 0 aliphatic heterocycles. The van der Waals surface area contributed by atoms with Crippen LogP contribution >= 0.6 is 11.3 Å². The maximum Gasteiger partial charge on any atom is 0.235 e. The van der Waals surface area contributed by atoms with E-state index in [2.05, 4.69) is 25.5 Å². The number of furan rings is 1. The van der Waals surface area contributed by atoms with Crippen molar-refractivity contribution < 1.29 is 4.42 Å². The number of nitrogens with one attached hydrogen (secondary N) is 1. The van der Waals surface area contributed by atoms with Crippen LogP contribution in [0.5, 0.6) is 0 Å². The molecule has 0 amide bonds. The fourth-order valence-electron chi connectivity index (χ4n) is 2.70. The van der Waals surface area contributed by atoms with Crippen molar-refractivity contribution in [2.75, 3.05) is 0 Å². The van der Waals surface area contributed by atoms with Crippen LogP contribution in [0.3, 0.4) is 0 Å². The van der Waals surface area contributed by atoms with Crippen molar-refractivity contribution in [3.63, 3.8) is 0 Å². The fraction of sp³-hybridized carbons (Fsp3) is 0.0588. The number of rotatable bonds is 3. The molecule has 4 heterocycles. The Morgan fingerprint density at radius 3 is 2.80 bits per heavy atom. The van der Waals surface area contributed by atoms with Crippen LogP contribution in [0.25, 0.3) is 38.3 Å². The van der Waals surface area contributed by atoms with Crippen LogP contribution in [0.2, 0.25) is 0 Å². The first-order chi connectivity index (χ1) is 12.3. The molecule has 25 heavy (non-hydrogen) atoms. The number of aryl methyl sites for hydroxylation is 1. The van der Waals surface area contributed by atoms with Gasteiger partial charge in [-0.15, -0.1) is 10.2 Å². The van der Waals surface area contributed by atoms with Gasteiger partial charge in [-0.05, 0) is 19.1 Å². The van der Waals surface area contributed by atoms with Gasteiger partial charge in [0.15, 0.2) is 10.8 Å². The van der Waals surface area contributed by atoms with Crippen molar-refractivity contribution in [1.29, 1.82) is 0 Å². The van der Waals surface area contributed by atoms with Crippen LogP contribution in [0.4, 0.5) is 0 Å². The zero-order valence-electron chi connectivity index (χ0n) is 13.2. The first-order valence-corrected chi connectivity index (χ1v) is 8.49. The molecule has 0 saturated heterocycles. The van der Waals surface area contributed by atoms with Crippen molar-refractivity contribution in [3.05, 3.63) is 54.5 Å². The number of hydrogen-bond acceptors (Lipinski definition) is 6. The van der Waals surface area contributed by atoms with Crippen LogP contribution in [-0.4, -0.2) is 30.0 Å². The Hall–Kier alpha value is -3.26. The Morgan fingerprint density at radius 2 is 2.00 bits per heavy atom. The van der Waals surface area contributed by atoms with Gasteiger partial charge in [-0.2, -0.15) is 14.7 Å². The summed E-state index contributed by atoms with van der Waals surface area (Å²) in [5.74, 6) is 1.46. The van der Waals surface area contributed by atoms with Crippen molar-refractivity contribution in [1.82, 2.24) is 30.0 Å². The van der Waals surface area contributed by atoms with E-state index in [9.17, 15) is 0 Å². The molecule has 0 radical (unpaired) electrons. The molecule has 4 aromatic heterocycles. The summed E-state index contributed by atoms with van der Waals surface area (Å²) in [6.07, 6.45) is 1.64. The molecule has 0 aliphatic rings. The van der Waals surface area contributed by atoms with Gasteiger partial charge in [0.05, 0.1) is 23.2 Å². The van der Waals surface area contributed by atoms with Gasteiger partial charge < -0.3 is 4.42 Å². The van der Waals surface area contributed by atoms with E-state index in [1.165, 1.54) is 11.3 Å². The molecular formula is C17H12N6OS. The lowest BCUT2D eigenvalue weighted by Gasteiger charge is -1.93. The van der Waals surface area contributed by atoms with Crippen molar-refractivity contribution >= 4 is 16.3 Å². The van der Waals surface area contributed by atoms with Crippen LogP contribution in [0.1, 0.15) is 5.76 Å². The predicted molar refractivity (Wildman–Crippen MR) is 94.1 cm³/mol. The van der Waals surface area contributed by atoms with Gasteiger partial charge in [0, 0.05) is 5.56 Å². The van der Waals surface area contributed by atoms with Gasteiger partial charge in [0.1, 0.15) is 5.76 Å². The molecule has 0 bridgehead atoms. The lowest BCUT2D eigenvalue weighted by molar-refractivity contribution is 0.535. The van der Waals surface area contributed by atoms with Crippen molar-refractivity contribution in [3.8, 4) is 33.3 Å². The summed E-state index contributed by atoms with van der Waals surface area (Å²) in [5, 5.41) is 21.3. The van der Waals surface area contributed by atoms with E-state index < -0.39 is 0 Å². The number of fused-ring (bicyclic) bond motifs is 1. The first-order valence-electron chi connectivity index (χ1n) is 7.67. The second kappa shape index (κ2) is 5.38. The van der Waals surface area contributed by atoms with Crippen molar-refractivity contribution in [2.45, 2.75) is 6.92 Å². The third kappa shape index (κ3) is 2.26. The summed E-state index contributed by atoms with van der Waals surface area (Å²) in [7, 11) is 0. The molecule has 0 atom stereocenters. The highest BCUT2D eigenvalue weighted by Gasteiger charge is 2.18. The lowest BCUT2D eigenvalue weighted by atomic mass is 10.1. The third-order valence-corrected chi connectivity index (χ3v) is 4.90. The van der Waals surface area contributed by atoms with Gasteiger partial charge in [-0.3, -0.25) is 5.10 Å². The molecule has 0 unspecified atom stereocenters. The second-order valence-electron chi connectivity index (χ2n) is 5.55. The topological polar surface area (TPSA) is 84.9 Å². The largest absolute Gasteiger partial charge is 0.469 e. The van der Waals surface area contributed by atoms with Gasteiger partial charge in [-0.25, -0.2) is 0 Å². The Bertz CT molecular complexity index is 1170. The number of H-pyrrole nitrogens is 1. The van der Waals surface area contributed by atoms with Gasteiger partial charge in [0.2, 0.25) is 4.96 Å². The van der Waals surface area contributed by atoms with E-state index in [0.29, 0.717) is 5.82 Å². The number of aromatic amines is 1. The van der Waals surface area contributed by atoms with Gasteiger partial charge >= 0.3 is 0 Å². The molecular weight excluding hydrogens is 336 g/mol. The molecule has 5 aromatic rings. The molecule has 0 spiro atoms. The quantitative estimate of drug-likeness (QED) is 0.536. The smallest absolute Gasteiger partial charge is 0.235 e. The minimum atomic E-state index is 0.673. The van der Waals surface area contributed by atoms with E-state index in [0.717, 1.165) is 38.2 Å². The average Bonchev–Trinajstić information content (AvgIpc) is 3.39. The third-order valence-electron chi connectivity index (χ3n) is 3.97. The van der Waals surface area contributed by atoms with Gasteiger partial charge in [-0.1, -0.05) is 41.7 Å². The zero-order valence-corrected chi connectivity index (χ0v) is 14.0. The average molecular weight is 348 g/mol. The summed E-state index contributed by atoms with van der Waals surface area (Å²) < 4.78 is 7.10. The Kier molecular flexibility index (Phi) is 3.04. The standard InChI is InChI=1S/C17H12N6OS/c1-10-12(7-8-24-10)15-20-21-17-23(15)22-16(25-17)14-9-13(18-19-14)11-5-3-2-4-6-11/h2-9H,1H3,(H,18,19). The molecule has 0 fully saturated rings. The van der Waals surface area contributed by atoms with Crippen LogP contribution < -0.4 is 0 Å². The minimum absolute atomic E-state index is 0.673. The van der Waals surface area contributed by atoms with E-state index in [4.69, 9.17) is 4.42 Å². The highest BCUT2D eigenvalue weighted by Crippen LogP contribution is 2.30. The maximum absolute atomic E-state index is 5.36. The molecule has 122 valence electrons. The van der Waals surface area contributed by atoms with E-state index in [-0.39, 0.29) is 0 Å². The molecule has 0 saturated carbocycles. The van der Waals surface area contributed by atoms with E-state index in [1.807, 2.05) is 49.4 Å². The summed E-state index contributed by atoms with van der Waals surface area (Å²) in [6.45, 7) is 1.89. The highest BCUT2D eigenvalue weighted by atomic mass is 32.1. The summed E-state index contributed by atoms with van der Waals surface area (Å²) >= 11 is 1.46. The second-order valence-corrected chi connectivity index (χ2v) is 6.50. The minimum Gasteiger partial charge on any atom is -0.469 e. The maximum atomic E-state index is 5.36. The summed E-state index contributed by atoms with van der Waals surface area (Å²) in [4.78, 5) is 0.724. The Labute approximate surface area is 146 Å². The first kappa shape index (κ1) is 14.1. The Balaban J connectivity index is 1.57. The molecule has 7 nitrogen and oxygen atoms in total. The molecule has 1 aromatic carbocycles. The summed E-state index contributed by atoms with van der Waals surface area (Å²) in [6, 6.07) is 13.9. The number of hydrogen-bond donors (Lipinski definition) is 1. The zero-order chi connectivity index (χ0) is 16.8. The molecule has 1 N–H and O–H groups in total. The molecule has 0 aliphatic carbocycles. The van der Waals surface area contributed by atoms with Crippen molar-refractivity contribution in [2.24, 2.45) is 0 Å².